The lowest BCUT2D eigenvalue weighted by molar-refractivity contribution is -0.147. The number of amides is 16. The average molecular weight is 1540 g/mol. The van der Waals surface area contributed by atoms with Gasteiger partial charge in [0.1, 0.15) is 74.5 Å². The molecule has 1 aromatic carbocycles. The number of aliphatic hydroxyl groups excluding tert-OH is 3. The number of nitrogens with one attached hydrogen (secondary N) is 13. The highest BCUT2D eigenvalue weighted by molar-refractivity contribution is 6.04. The molecule has 0 saturated carbocycles. The third kappa shape index (κ3) is 26.2. The molecule has 2 fully saturated rings. The Morgan fingerprint density at radius 2 is 0.945 bits per heavy atom. The van der Waals surface area contributed by atoms with E-state index >= 15 is 0 Å². The smallest absolute Gasteiger partial charge is 0.248 e. The van der Waals surface area contributed by atoms with Crippen LogP contribution in [0.2, 0.25) is 0 Å². The Hall–Kier alpha value is -9.38. The molecule has 109 heavy (non-hydrogen) atoms. The molecule has 1 aromatic rings. The Labute approximate surface area is 638 Å². The third-order valence-corrected chi connectivity index (χ3v) is 19.7. The lowest BCUT2D eigenvalue weighted by Gasteiger charge is -2.38. The van der Waals surface area contributed by atoms with Crippen LogP contribution in [-0.4, -0.2) is 239 Å². The molecule has 0 radical (unpaired) electrons. The zero-order valence-electron chi connectivity index (χ0n) is 67.2. The van der Waals surface area contributed by atoms with Gasteiger partial charge in [-0.25, -0.2) is 0 Å². The molecule has 0 unspecified atom stereocenters. The van der Waals surface area contributed by atoms with Crippen LogP contribution in [0.15, 0.2) is 30.3 Å². The molecular formula is C74H122N16O19. The quantitative estimate of drug-likeness (QED) is 0.0324. The van der Waals surface area contributed by atoms with E-state index in [1.807, 2.05) is 18.2 Å². The summed E-state index contributed by atoms with van der Waals surface area (Å²) >= 11 is 0. The second-order valence-corrected chi connectivity index (χ2v) is 32.6. The number of primary amides is 1. The highest BCUT2D eigenvalue weighted by Gasteiger charge is 2.51. The van der Waals surface area contributed by atoms with Gasteiger partial charge in [-0.15, -0.1) is 0 Å². The molecular weight excluding hydrogens is 1420 g/mol. The normalized spacial score (nSPS) is 18.9. The van der Waals surface area contributed by atoms with Gasteiger partial charge in [0.25, 0.3) is 0 Å². The van der Waals surface area contributed by atoms with Crippen molar-refractivity contribution in [1.82, 2.24) is 78.9 Å². The van der Waals surface area contributed by atoms with Crippen molar-refractivity contribution < 1.29 is 92.0 Å². The van der Waals surface area contributed by atoms with Gasteiger partial charge in [0.05, 0.1) is 31.4 Å². The molecule has 35 heteroatoms. The maximum atomic E-state index is 14.7. The van der Waals surface area contributed by atoms with E-state index in [2.05, 4.69) is 69.1 Å². The number of carbonyl (C=O) groups excluding carboxylic acids is 16. The molecule has 35 nitrogen and oxygen atoms in total. The zero-order valence-corrected chi connectivity index (χ0v) is 67.2. The number of β-amino-alcohol motifs (C(OH)–C–C–N with tert-alkyl or cyclic N) is 2. The van der Waals surface area contributed by atoms with E-state index < -0.39 is 220 Å². The predicted octanol–water partition coefficient (Wildman–Crippen LogP) is -2.48. The number of rotatable bonds is 39. The van der Waals surface area contributed by atoms with E-state index in [1.54, 1.807) is 60.6 Å². The Bertz CT molecular complexity index is 3530. The third-order valence-electron chi connectivity index (χ3n) is 19.7. The fraction of sp³-hybridized carbons (Fsp3) is 0.703. The van der Waals surface area contributed by atoms with Gasteiger partial charge in [-0.3, -0.25) is 76.7 Å². The molecule has 0 bridgehead atoms. The first kappa shape index (κ1) is 93.8. The number of likely N-dealkylation sites (tertiary alicyclic amines) is 2. The lowest BCUT2D eigenvalue weighted by atomic mass is 9.93. The molecule has 0 spiro atoms. The Balaban J connectivity index is 1.73. The fourth-order valence-corrected chi connectivity index (χ4v) is 11.9. The maximum absolute atomic E-state index is 14.7. The molecule has 0 aliphatic carbocycles. The first-order chi connectivity index (χ1) is 50.0. The summed E-state index contributed by atoms with van der Waals surface area (Å²) in [7, 11) is 0. The van der Waals surface area contributed by atoms with Crippen LogP contribution in [0.25, 0.3) is 0 Å². The van der Waals surface area contributed by atoms with Gasteiger partial charge in [-0.05, 0) is 146 Å². The molecule has 3 rings (SSSR count). The van der Waals surface area contributed by atoms with Crippen molar-refractivity contribution in [2.45, 2.75) is 296 Å². The molecule has 612 valence electrons. The predicted molar refractivity (Wildman–Crippen MR) is 400 cm³/mol. The molecule has 2 saturated heterocycles. The van der Waals surface area contributed by atoms with Gasteiger partial charge in [0.15, 0.2) is 0 Å². The van der Waals surface area contributed by atoms with Crippen LogP contribution in [-0.2, 0) is 83.1 Å². The number of nitrogens with two attached hydrogens (primary N) is 1. The second-order valence-electron chi connectivity index (χ2n) is 32.6. The van der Waals surface area contributed by atoms with Crippen LogP contribution in [0.4, 0.5) is 0 Å². The van der Waals surface area contributed by atoms with Gasteiger partial charge in [-0.2, -0.15) is 0 Å². The highest BCUT2D eigenvalue weighted by atomic mass is 16.3. The fourth-order valence-electron chi connectivity index (χ4n) is 11.9. The van der Waals surface area contributed by atoms with Crippen molar-refractivity contribution >= 4 is 94.5 Å². The van der Waals surface area contributed by atoms with Crippen LogP contribution in [0.5, 0.6) is 0 Å². The van der Waals surface area contributed by atoms with E-state index in [4.69, 9.17) is 5.73 Å². The summed E-state index contributed by atoms with van der Waals surface area (Å²) in [4.78, 5) is 222. The van der Waals surface area contributed by atoms with E-state index in [0.717, 1.165) is 15.4 Å². The molecule has 11 atom stereocenters. The Kier molecular flexibility index (Phi) is 33.0. The summed E-state index contributed by atoms with van der Waals surface area (Å²) in [5.74, 6) is -13.6. The molecule has 2 aliphatic rings. The van der Waals surface area contributed by atoms with Gasteiger partial charge in [-0.1, -0.05) is 78.8 Å². The summed E-state index contributed by atoms with van der Waals surface area (Å²) < 4.78 is 0. The summed E-state index contributed by atoms with van der Waals surface area (Å²) in [6, 6.07) is 1.62. The molecule has 2 aliphatic heterocycles. The van der Waals surface area contributed by atoms with Crippen molar-refractivity contribution in [3.05, 3.63) is 35.9 Å². The highest BCUT2D eigenvalue weighted by Crippen LogP contribution is 2.28. The lowest BCUT2D eigenvalue weighted by Crippen LogP contribution is -2.68. The Morgan fingerprint density at radius 1 is 0.495 bits per heavy atom. The number of benzene rings is 1. The van der Waals surface area contributed by atoms with Gasteiger partial charge >= 0.3 is 0 Å². The van der Waals surface area contributed by atoms with Crippen molar-refractivity contribution in [2.75, 3.05) is 26.2 Å². The SMILES string of the molecule is CC[C@@](C)(NC(=O)[C@H](CC(C)C)NC(=O)CNC(=O)[C@@](C)(CC)NC(=O)C(C)(C)NC(=O)C(C)(C)NC(=O)C(C)(C)NC(=O)[C@@H](NC(C)=O)C(C)C)C(=O)NC(C)(C)C(=O)N1C[C@H](O)C[C@H]1C(=O)N[C@@H](CCC(N)=O)C(=O)N[C@](C)(CC)C(=O)N1C[C@H](O)C[C@H]1C(=O)NC(C)(C)C(=O)N[C@H](CO)Cc1ccccc1. The molecule has 16 amide bonds. The van der Waals surface area contributed by atoms with E-state index in [-0.39, 0.29) is 63.3 Å². The summed E-state index contributed by atoms with van der Waals surface area (Å²) in [5, 5.41) is 65.9. The number of carbonyl (C=O) groups is 16. The van der Waals surface area contributed by atoms with Crippen molar-refractivity contribution in [2.24, 2.45) is 17.6 Å². The van der Waals surface area contributed by atoms with Gasteiger partial charge < -0.3 is 100.0 Å². The minimum absolute atomic E-state index is 0.0210. The first-order valence-corrected chi connectivity index (χ1v) is 37.0. The second kappa shape index (κ2) is 38.3. The molecule has 18 N–H and O–H groups in total. The van der Waals surface area contributed by atoms with E-state index in [1.165, 1.54) is 96.9 Å². The van der Waals surface area contributed by atoms with Crippen molar-refractivity contribution in [1.29, 1.82) is 0 Å². The molecule has 0 aromatic heterocycles. The van der Waals surface area contributed by atoms with Crippen LogP contribution >= 0.6 is 0 Å². The van der Waals surface area contributed by atoms with Crippen LogP contribution in [0, 0.1) is 11.8 Å². The minimum atomic E-state index is -1.90. The largest absolute Gasteiger partial charge is 0.394 e. The van der Waals surface area contributed by atoms with Crippen LogP contribution in [0.1, 0.15) is 202 Å². The number of hydrogen-bond acceptors (Lipinski definition) is 19. The Morgan fingerprint density at radius 3 is 1.42 bits per heavy atom. The van der Waals surface area contributed by atoms with Gasteiger partial charge in [0.2, 0.25) is 94.5 Å². The number of nitrogens with zero attached hydrogens (tertiary/aromatic N) is 2. The minimum Gasteiger partial charge on any atom is -0.394 e. The maximum Gasteiger partial charge on any atom is 0.248 e. The summed E-state index contributed by atoms with van der Waals surface area (Å²) in [6.45, 7) is 28.8. The summed E-state index contributed by atoms with van der Waals surface area (Å²) in [5.41, 5.74) is -7.52. The van der Waals surface area contributed by atoms with Crippen LogP contribution < -0.4 is 74.9 Å². The topological polar surface area (TPSA) is 523 Å². The number of aliphatic hydroxyl groups is 3. The van der Waals surface area contributed by atoms with Crippen molar-refractivity contribution in [3.63, 3.8) is 0 Å². The van der Waals surface area contributed by atoms with Crippen molar-refractivity contribution in [3.8, 4) is 0 Å². The van der Waals surface area contributed by atoms with Crippen LogP contribution in [0.3, 0.4) is 0 Å². The standard InChI is InChI=1S/C74H122N16O19/c1-22-72(19,88-62(105)70(15,16)86-61(104)69(13,14)85-60(103)68(11,12)82-58(101)53(41(6)7)77-42(8)92)63(106)76-36-52(96)79-48(32-40(4)5)55(98)83-73(20,23-2)64(107)87-71(17,18)65(108)89-37-45(93)34-49(89)56(99)80-47(30-31-51(75)95)54(97)84-74(21,24-3)66(109)90-38-46(94)35-50(90)57(100)81-67(9,10)59(102)78-44(39-91)33-43-28-26-25-27-29-43/h25-29,40-41,44-50,53,91,93-94H,22-24,30-39H2,1-21H3,(H2,75,95)(H,76,106)(H,77,92)(H,78,102)(H,79,96)(H,80,99)(H,81,100)(H,82,101)(H,83,98)(H,84,97)(H,85,103)(H,86,104)(H,87,107)(H,88,105)/t44-,45+,46+,47-,48-,49-,50-,53-,72+,73+,74+/m0/s1. The van der Waals surface area contributed by atoms with Gasteiger partial charge in [0, 0.05) is 39.3 Å². The first-order valence-electron chi connectivity index (χ1n) is 37.0. The summed E-state index contributed by atoms with van der Waals surface area (Å²) in [6.07, 6.45) is -3.96. The monoisotopic (exact) mass is 1540 g/mol. The zero-order chi connectivity index (χ0) is 83.7. The van der Waals surface area contributed by atoms with E-state index in [0.29, 0.717) is 0 Å². The number of hydrogen-bond donors (Lipinski definition) is 17. The molecule has 2 heterocycles. The van der Waals surface area contributed by atoms with E-state index in [9.17, 15) is 92.0 Å². The average Bonchev–Trinajstić information content (AvgIpc) is 1.73.